The van der Waals surface area contributed by atoms with Crippen LogP contribution in [0.1, 0.15) is 13.3 Å². The molecule has 1 aliphatic rings. The first-order valence-corrected chi connectivity index (χ1v) is 7.76. The van der Waals surface area contributed by atoms with Gasteiger partial charge in [0.25, 0.3) is 0 Å². The van der Waals surface area contributed by atoms with Crippen molar-refractivity contribution in [3.63, 3.8) is 0 Å². The van der Waals surface area contributed by atoms with Gasteiger partial charge in [-0.05, 0) is 31.5 Å². The molecule has 0 radical (unpaired) electrons. The molecule has 1 heterocycles. The second-order valence-electron chi connectivity index (χ2n) is 4.38. The third-order valence-electron chi connectivity index (χ3n) is 3.24. The zero-order chi connectivity index (χ0) is 13.5. The number of nitrogens with zero attached hydrogens (tertiary/aromatic N) is 1. The molecule has 2 rings (SSSR count). The molecule has 18 heavy (non-hydrogen) atoms. The Labute approximate surface area is 117 Å². The highest BCUT2D eigenvalue weighted by Gasteiger charge is 2.38. The van der Waals surface area contributed by atoms with E-state index in [0.29, 0.717) is 18.0 Å². The van der Waals surface area contributed by atoms with Gasteiger partial charge in [0, 0.05) is 23.7 Å². The maximum absolute atomic E-state index is 12.5. The fourth-order valence-corrected chi connectivity index (χ4v) is 4.50. The van der Waals surface area contributed by atoms with Gasteiger partial charge in [0.15, 0.2) is 0 Å². The Morgan fingerprint density at radius 3 is 2.61 bits per heavy atom. The Kier molecular flexibility index (Phi) is 3.90. The van der Waals surface area contributed by atoms with E-state index < -0.39 is 10.0 Å². The minimum Gasteiger partial charge on any atom is -0.326 e. The molecule has 0 spiro atoms. The van der Waals surface area contributed by atoms with Crippen LogP contribution in [0.3, 0.4) is 0 Å². The van der Waals surface area contributed by atoms with E-state index >= 15 is 0 Å². The number of sulfonamides is 1. The summed E-state index contributed by atoms with van der Waals surface area (Å²) in [6.45, 7) is 2.21. The summed E-state index contributed by atoms with van der Waals surface area (Å²) < 4.78 is 26.4. The molecular formula is C11H14Cl2N2O2S. The number of nitrogens with two attached hydrogens (primary N) is 1. The van der Waals surface area contributed by atoms with E-state index in [-0.39, 0.29) is 22.0 Å². The van der Waals surface area contributed by atoms with Crippen molar-refractivity contribution in [2.45, 2.75) is 30.3 Å². The van der Waals surface area contributed by atoms with Crippen molar-refractivity contribution < 1.29 is 8.42 Å². The highest BCUT2D eigenvalue weighted by atomic mass is 35.5. The molecule has 1 saturated heterocycles. The monoisotopic (exact) mass is 308 g/mol. The van der Waals surface area contributed by atoms with Gasteiger partial charge in [0.2, 0.25) is 10.0 Å². The lowest BCUT2D eigenvalue weighted by molar-refractivity contribution is 0.393. The summed E-state index contributed by atoms with van der Waals surface area (Å²) >= 11 is 11.8. The number of halogens is 2. The molecule has 0 saturated carbocycles. The summed E-state index contributed by atoms with van der Waals surface area (Å²) in [7, 11) is -3.64. The molecule has 0 aromatic heterocycles. The molecule has 0 aliphatic carbocycles. The fourth-order valence-electron chi connectivity index (χ4n) is 2.07. The van der Waals surface area contributed by atoms with Gasteiger partial charge in [-0.2, -0.15) is 4.31 Å². The first-order valence-electron chi connectivity index (χ1n) is 5.56. The summed E-state index contributed by atoms with van der Waals surface area (Å²) in [5.74, 6) is 0. The van der Waals surface area contributed by atoms with Gasteiger partial charge in [-0.1, -0.05) is 23.2 Å². The van der Waals surface area contributed by atoms with Gasteiger partial charge in [0.05, 0.1) is 5.02 Å². The number of rotatable bonds is 2. The molecule has 2 atom stereocenters. The Morgan fingerprint density at radius 2 is 2.06 bits per heavy atom. The Bertz CT molecular complexity index is 562. The van der Waals surface area contributed by atoms with Crippen LogP contribution < -0.4 is 5.73 Å². The molecular weight excluding hydrogens is 295 g/mol. The Hall–Kier alpha value is -0.330. The standard InChI is InChI=1S/C11H14Cl2N2O2S/c1-7-10(14)4-5-15(7)18(16,17)11-6-8(12)2-3-9(11)13/h2-3,6-7,10H,4-5,14H2,1H3. The van der Waals surface area contributed by atoms with Gasteiger partial charge < -0.3 is 5.73 Å². The highest BCUT2D eigenvalue weighted by molar-refractivity contribution is 7.89. The van der Waals surface area contributed by atoms with Crippen molar-refractivity contribution in [3.8, 4) is 0 Å². The van der Waals surface area contributed by atoms with E-state index in [1.165, 1.54) is 16.4 Å². The molecule has 4 nitrogen and oxygen atoms in total. The summed E-state index contributed by atoms with van der Waals surface area (Å²) in [6, 6.07) is 4.04. The van der Waals surface area contributed by atoms with Crippen molar-refractivity contribution in [1.82, 2.24) is 4.31 Å². The van der Waals surface area contributed by atoms with Crippen LogP contribution in [0.5, 0.6) is 0 Å². The van der Waals surface area contributed by atoms with E-state index in [4.69, 9.17) is 28.9 Å². The molecule has 2 unspecified atom stereocenters. The van der Waals surface area contributed by atoms with Crippen molar-refractivity contribution in [1.29, 1.82) is 0 Å². The first kappa shape index (κ1) is 14.1. The summed E-state index contributed by atoms with van der Waals surface area (Å²) in [6.07, 6.45) is 0.651. The third kappa shape index (κ3) is 2.38. The smallest absolute Gasteiger partial charge is 0.244 e. The predicted molar refractivity (Wildman–Crippen MR) is 72.4 cm³/mol. The Balaban J connectivity index is 2.46. The van der Waals surface area contributed by atoms with Crippen molar-refractivity contribution in [2.24, 2.45) is 5.73 Å². The number of hydrogen-bond acceptors (Lipinski definition) is 3. The quantitative estimate of drug-likeness (QED) is 0.910. The average Bonchev–Trinajstić information content (AvgIpc) is 2.63. The van der Waals surface area contributed by atoms with Crippen LogP contribution in [0.15, 0.2) is 23.1 Å². The third-order valence-corrected chi connectivity index (χ3v) is 5.94. The van der Waals surface area contributed by atoms with Crippen LogP contribution >= 0.6 is 23.2 Å². The molecule has 7 heteroatoms. The van der Waals surface area contributed by atoms with E-state index in [1.54, 1.807) is 13.0 Å². The van der Waals surface area contributed by atoms with Crippen LogP contribution in [0.4, 0.5) is 0 Å². The largest absolute Gasteiger partial charge is 0.326 e. The lowest BCUT2D eigenvalue weighted by atomic mass is 10.2. The van der Waals surface area contributed by atoms with E-state index in [9.17, 15) is 8.42 Å². The van der Waals surface area contributed by atoms with Crippen molar-refractivity contribution >= 4 is 33.2 Å². The van der Waals surface area contributed by atoms with Crippen LogP contribution in [-0.2, 0) is 10.0 Å². The normalized spacial score (nSPS) is 25.6. The number of hydrogen-bond donors (Lipinski definition) is 1. The molecule has 1 aliphatic heterocycles. The topological polar surface area (TPSA) is 63.4 Å². The van der Waals surface area contributed by atoms with Crippen molar-refractivity contribution in [3.05, 3.63) is 28.2 Å². The molecule has 100 valence electrons. The number of benzene rings is 1. The van der Waals surface area contributed by atoms with E-state index in [2.05, 4.69) is 0 Å². The minimum absolute atomic E-state index is 0.0395. The molecule has 2 N–H and O–H groups in total. The van der Waals surface area contributed by atoms with Crippen LogP contribution in [0.25, 0.3) is 0 Å². The molecule has 1 aromatic rings. The van der Waals surface area contributed by atoms with E-state index in [0.717, 1.165) is 0 Å². The van der Waals surface area contributed by atoms with Gasteiger partial charge in [-0.15, -0.1) is 0 Å². The SMILES string of the molecule is CC1C(N)CCN1S(=O)(=O)c1cc(Cl)ccc1Cl. The van der Waals surface area contributed by atoms with E-state index in [1.807, 2.05) is 0 Å². The zero-order valence-electron chi connectivity index (χ0n) is 9.81. The molecule has 1 aromatic carbocycles. The van der Waals surface area contributed by atoms with Crippen LogP contribution in [-0.4, -0.2) is 31.4 Å². The van der Waals surface area contributed by atoms with Gasteiger partial charge in [-0.3, -0.25) is 0 Å². The second-order valence-corrected chi connectivity index (χ2v) is 7.09. The summed E-state index contributed by atoms with van der Waals surface area (Å²) in [4.78, 5) is 0.0395. The maximum Gasteiger partial charge on any atom is 0.244 e. The molecule has 0 bridgehead atoms. The van der Waals surface area contributed by atoms with Gasteiger partial charge >= 0.3 is 0 Å². The summed E-state index contributed by atoms with van der Waals surface area (Å²) in [5.41, 5.74) is 5.85. The fraction of sp³-hybridized carbons (Fsp3) is 0.455. The first-order chi connectivity index (χ1) is 8.34. The second kappa shape index (κ2) is 4.98. The molecule has 1 fully saturated rings. The van der Waals surface area contributed by atoms with Crippen LogP contribution in [0, 0.1) is 0 Å². The van der Waals surface area contributed by atoms with Gasteiger partial charge in [0.1, 0.15) is 4.90 Å². The van der Waals surface area contributed by atoms with Crippen LogP contribution in [0.2, 0.25) is 10.0 Å². The van der Waals surface area contributed by atoms with Crippen molar-refractivity contribution in [2.75, 3.05) is 6.54 Å². The lowest BCUT2D eigenvalue weighted by Gasteiger charge is -2.23. The highest BCUT2D eigenvalue weighted by Crippen LogP contribution is 2.31. The zero-order valence-corrected chi connectivity index (χ0v) is 12.1. The maximum atomic E-state index is 12.5. The predicted octanol–water partition coefficient (Wildman–Crippen LogP) is 2.10. The average molecular weight is 309 g/mol. The minimum atomic E-state index is -3.64. The Morgan fingerprint density at radius 1 is 1.39 bits per heavy atom. The summed E-state index contributed by atoms with van der Waals surface area (Å²) in [5, 5.41) is 0.515. The van der Waals surface area contributed by atoms with Gasteiger partial charge in [-0.25, -0.2) is 8.42 Å². The molecule has 0 amide bonds. The lowest BCUT2D eigenvalue weighted by Crippen LogP contribution is -2.40.